The van der Waals surface area contributed by atoms with E-state index in [9.17, 15) is 0 Å². The van der Waals surface area contributed by atoms with Crippen molar-refractivity contribution in [2.75, 3.05) is 20.6 Å². The maximum Gasteiger partial charge on any atom is 2.00 e. The first-order chi connectivity index (χ1) is 5.27. The van der Waals surface area contributed by atoms with E-state index in [4.69, 9.17) is 0 Å². The minimum atomic E-state index is 0. The minimum absolute atomic E-state index is 0. The van der Waals surface area contributed by atoms with Gasteiger partial charge < -0.3 is 11.8 Å². The van der Waals surface area contributed by atoms with Gasteiger partial charge in [0.2, 0.25) is 0 Å². The molecule has 0 bridgehead atoms. The number of nitrogens with zero attached hydrogens (tertiary/aromatic N) is 1. The van der Waals surface area contributed by atoms with Gasteiger partial charge in [0.15, 0.2) is 0 Å². The molecule has 0 saturated carbocycles. The van der Waals surface area contributed by atoms with Crippen LogP contribution in [0.4, 0.5) is 0 Å². The summed E-state index contributed by atoms with van der Waals surface area (Å²) in [7, 11) is 4.09. The fourth-order valence-corrected chi connectivity index (χ4v) is 0.637. The van der Waals surface area contributed by atoms with Crippen molar-refractivity contribution in [3.63, 3.8) is 0 Å². The van der Waals surface area contributed by atoms with Crippen molar-refractivity contribution in [3.8, 4) is 0 Å². The zero-order chi connectivity index (χ0) is 8.53. The predicted molar refractivity (Wildman–Crippen MR) is 50.6 cm³/mol. The second-order valence-corrected chi connectivity index (χ2v) is 2.62. The summed E-state index contributed by atoms with van der Waals surface area (Å²) in [6, 6.07) is 10.0. The first kappa shape index (κ1) is 14.5. The third kappa shape index (κ3) is 12.6. The second-order valence-electron chi connectivity index (χ2n) is 2.62. The molecular weight excluding hydrogens is 235 g/mol. The molecule has 0 spiro atoms. The molecular formula is C10H17NRu. The summed E-state index contributed by atoms with van der Waals surface area (Å²) < 4.78 is 0. The molecule has 0 aliphatic rings. The summed E-state index contributed by atoms with van der Waals surface area (Å²) in [5.74, 6) is 0. The molecule has 0 aliphatic heterocycles. The second kappa shape index (κ2) is 10.9. The van der Waals surface area contributed by atoms with Crippen LogP contribution in [-0.2, 0) is 19.5 Å². The van der Waals surface area contributed by atoms with Crippen molar-refractivity contribution < 1.29 is 19.5 Å². The third-order valence-electron chi connectivity index (χ3n) is 1.16. The van der Waals surface area contributed by atoms with Gasteiger partial charge in [-0.15, -0.1) is 0 Å². The van der Waals surface area contributed by atoms with E-state index in [0.29, 0.717) is 0 Å². The first-order valence-corrected chi connectivity index (χ1v) is 3.88. The average molecular weight is 252 g/mol. The van der Waals surface area contributed by atoms with Crippen molar-refractivity contribution in [3.05, 3.63) is 37.3 Å². The third-order valence-corrected chi connectivity index (χ3v) is 1.16. The summed E-state index contributed by atoms with van der Waals surface area (Å²) in [4.78, 5) is 2.12. The maximum absolute atomic E-state index is 3.68. The van der Waals surface area contributed by atoms with Gasteiger partial charge >= 0.3 is 19.5 Å². The Hall–Kier alpha value is -0.0666. The van der Waals surface area contributed by atoms with Gasteiger partial charge in [-0.1, -0.05) is 0 Å². The first-order valence-electron chi connectivity index (χ1n) is 3.88. The van der Waals surface area contributed by atoms with E-state index in [1.165, 1.54) is 0 Å². The van der Waals surface area contributed by atoms with Crippen molar-refractivity contribution in [2.45, 2.75) is 6.42 Å². The smallest absolute Gasteiger partial charge is 0.342 e. The van der Waals surface area contributed by atoms with E-state index >= 15 is 0 Å². The van der Waals surface area contributed by atoms with Gasteiger partial charge in [-0.25, -0.2) is 12.1 Å². The molecule has 0 atom stereocenters. The van der Waals surface area contributed by atoms with Gasteiger partial charge in [-0.05, 0) is 20.6 Å². The molecule has 2 heteroatoms. The van der Waals surface area contributed by atoms with Gasteiger partial charge in [0.05, 0.1) is 0 Å². The molecule has 0 amide bonds. The Labute approximate surface area is 88.9 Å². The van der Waals surface area contributed by atoms with Crippen LogP contribution in [0.2, 0.25) is 0 Å². The van der Waals surface area contributed by atoms with Crippen LogP contribution >= 0.6 is 0 Å². The maximum atomic E-state index is 3.68. The van der Waals surface area contributed by atoms with E-state index in [2.05, 4.69) is 11.8 Å². The Kier molecular flexibility index (Phi) is 13.2. The molecule has 1 aromatic carbocycles. The molecule has 0 radical (unpaired) electrons. The van der Waals surface area contributed by atoms with Crippen LogP contribution < -0.4 is 0 Å². The average Bonchev–Trinajstić information content (AvgIpc) is 2.41. The summed E-state index contributed by atoms with van der Waals surface area (Å²) in [6.45, 7) is 4.78. The molecule has 12 heavy (non-hydrogen) atoms. The van der Waals surface area contributed by atoms with E-state index < -0.39 is 0 Å². The Morgan fingerprint density at radius 1 is 1.25 bits per heavy atom. The van der Waals surface area contributed by atoms with E-state index in [0.717, 1.165) is 13.0 Å². The Morgan fingerprint density at radius 3 is 1.83 bits per heavy atom. The van der Waals surface area contributed by atoms with Crippen LogP contribution in [0, 0.1) is 6.92 Å². The van der Waals surface area contributed by atoms with Crippen LogP contribution in [-0.4, -0.2) is 25.5 Å². The van der Waals surface area contributed by atoms with Gasteiger partial charge in [0.25, 0.3) is 0 Å². The van der Waals surface area contributed by atoms with Crippen molar-refractivity contribution >= 4 is 0 Å². The van der Waals surface area contributed by atoms with Crippen molar-refractivity contribution in [1.29, 1.82) is 0 Å². The van der Waals surface area contributed by atoms with Crippen LogP contribution in [0.5, 0.6) is 0 Å². The quantitative estimate of drug-likeness (QED) is 0.576. The fourth-order valence-electron chi connectivity index (χ4n) is 0.637. The van der Waals surface area contributed by atoms with Crippen LogP contribution in [0.3, 0.4) is 0 Å². The summed E-state index contributed by atoms with van der Waals surface area (Å²) in [5.41, 5.74) is 0. The molecule has 70 valence electrons. The molecule has 1 rings (SSSR count). The normalized spacial score (nSPS) is 8.33. The molecule has 0 aliphatic carbocycles. The van der Waals surface area contributed by atoms with Crippen LogP contribution in [0.15, 0.2) is 30.3 Å². The molecule has 0 saturated heterocycles. The van der Waals surface area contributed by atoms with Gasteiger partial charge in [0.1, 0.15) is 0 Å². The van der Waals surface area contributed by atoms with E-state index in [-0.39, 0.29) is 19.5 Å². The Balaban J connectivity index is 0. The largest absolute Gasteiger partial charge is 2.00 e. The monoisotopic (exact) mass is 253 g/mol. The zero-order valence-corrected chi connectivity index (χ0v) is 9.55. The molecule has 1 aromatic rings. The standard InChI is InChI=1S/C5H12N.C5H5.Ru/c1-4-5-6(2)3;1-2-4-5-3-1;/h1,4-5H2,2-3H3;1-5H;/q2*-1;+2. The van der Waals surface area contributed by atoms with Crippen molar-refractivity contribution in [1.82, 2.24) is 4.90 Å². The van der Waals surface area contributed by atoms with Crippen LogP contribution in [0.25, 0.3) is 0 Å². The van der Waals surface area contributed by atoms with Crippen molar-refractivity contribution in [2.24, 2.45) is 0 Å². The molecule has 1 nitrogen and oxygen atoms in total. The molecule has 0 N–H and O–H groups in total. The van der Waals surface area contributed by atoms with Gasteiger partial charge in [0, 0.05) is 0 Å². The molecule has 0 aromatic heterocycles. The molecule has 0 heterocycles. The summed E-state index contributed by atoms with van der Waals surface area (Å²) in [5, 5.41) is 0. The summed E-state index contributed by atoms with van der Waals surface area (Å²) in [6.07, 6.45) is 1.01. The van der Waals surface area contributed by atoms with E-state index in [1.54, 1.807) is 0 Å². The number of hydrogen-bond donors (Lipinski definition) is 0. The summed E-state index contributed by atoms with van der Waals surface area (Å²) >= 11 is 0. The number of rotatable bonds is 2. The SMILES string of the molecule is [CH2-]CCN(C)C.[Ru+2].c1cc[cH-]c1. The minimum Gasteiger partial charge on any atom is -0.342 e. The van der Waals surface area contributed by atoms with E-state index in [1.807, 2.05) is 44.4 Å². The predicted octanol–water partition coefficient (Wildman–Crippen LogP) is 2.18. The molecule has 0 unspecified atom stereocenters. The number of hydrogen-bond acceptors (Lipinski definition) is 1. The zero-order valence-electron chi connectivity index (χ0n) is 7.81. The van der Waals surface area contributed by atoms with Crippen LogP contribution in [0.1, 0.15) is 6.42 Å². The fraction of sp³-hybridized carbons (Fsp3) is 0.400. The Bertz CT molecular complexity index is 118. The molecule has 0 fully saturated rings. The van der Waals surface area contributed by atoms with Gasteiger partial charge in [-0.2, -0.15) is 24.6 Å². The topological polar surface area (TPSA) is 3.24 Å². The Morgan fingerprint density at radius 2 is 1.75 bits per heavy atom. The van der Waals surface area contributed by atoms with Gasteiger partial charge in [-0.3, -0.25) is 0 Å².